The fraction of sp³-hybridized carbons (Fsp3) is 0.364. The molecule has 0 unspecified atom stereocenters. The minimum Gasteiger partial charge on any atom is -0.494 e. The molecule has 1 amide bonds. The van der Waals surface area contributed by atoms with Gasteiger partial charge in [-0.05, 0) is 38.7 Å². The Morgan fingerprint density at radius 3 is 2.94 bits per heavy atom. The Kier molecular flexibility index (Phi) is 6.04. The zero-order valence-electron chi connectivity index (χ0n) is 18.3. The van der Waals surface area contributed by atoms with Gasteiger partial charge >= 0.3 is 0 Å². The van der Waals surface area contributed by atoms with Crippen molar-refractivity contribution in [3.05, 3.63) is 42.5 Å². The molecule has 2 aromatic heterocycles. The van der Waals surface area contributed by atoms with Gasteiger partial charge in [-0.3, -0.25) is 4.79 Å². The largest absolute Gasteiger partial charge is 0.494 e. The standard InChI is InChI=1S/C22H26FN7O2/c1-28(2)9-4-5-18(31)29-10-8-15(12-29)30-22-19(21(24)25-13-26-22)20(27-30)14-6-7-16(23)17(11-14)32-3/h4-7,11,13,15H,8-10,12H2,1-3H3,(H2,24,25,26)/t15-/m1/s1. The van der Waals surface area contributed by atoms with Crippen LogP contribution >= 0.6 is 0 Å². The van der Waals surface area contributed by atoms with Gasteiger partial charge in [0.1, 0.15) is 17.8 Å². The fourth-order valence-electron chi connectivity index (χ4n) is 3.87. The quantitative estimate of drug-likeness (QED) is 0.587. The van der Waals surface area contributed by atoms with Crippen LogP contribution < -0.4 is 10.5 Å². The van der Waals surface area contributed by atoms with E-state index in [1.54, 1.807) is 27.8 Å². The molecular formula is C22H26FN7O2. The topological polar surface area (TPSA) is 102 Å². The minimum atomic E-state index is -0.462. The van der Waals surface area contributed by atoms with Gasteiger partial charge in [-0.2, -0.15) is 5.10 Å². The number of ether oxygens (including phenoxy) is 1. The summed E-state index contributed by atoms with van der Waals surface area (Å²) >= 11 is 0. The molecule has 3 aromatic rings. The van der Waals surface area contributed by atoms with Crippen LogP contribution in [0.5, 0.6) is 5.75 Å². The van der Waals surface area contributed by atoms with E-state index in [1.807, 2.05) is 25.1 Å². The van der Waals surface area contributed by atoms with E-state index in [0.717, 1.165) is 6.42 Å². The number of aromatic nitrogens is 4. The first-order valence-electron chi connectivity index (χ1n) is 10.3. The number of hydrogen-bond donors (Lipinski definition) is 1. The van der Waals surface area contributed by atoms with Crippen LogP contribution in [0.4, 0.5) is 10.2 Å². The van der Waals surface area contributed by atoms with Crippen LogP contribution in [0.1, 0.15) is 12.5 Å². The van der Waals surface area contributed by atoms with E-state index in [-0.39, 0.29) is 23.5 Å². The van der Waals surface area contributed by atoms with Crippen molar-refractivity contribution in [2.24, 2.45) is 0 Å². The van der Waals surface area contributed by atoms with Crippen molar-refractivity contribution < 1.29 is 13.9 Å². The summed E-state index contributed by atoms with van der Waals surface area (Å²) in [7, 11) is 5.31. The summed E-state index contributed by atoms with van der Waals surface area (Å²) in [5.74, 6) is -0.0835. The van der Waals surface area contributed by atoms with E-state index in [9.17, 15) is 9.18 Å². The molecule has 1 atom stereocenters. The van der Waals surface area contributed by atoms with Crippen LogP contribution in [0.25, 0.3) is 22.3 Å². The maximum absolute atomic E-state index is 13.9. The van der Waals surface area contributed by atoms with Crippen LogP contribution in [0, 0.1) is 5.82 Å². The molecule has 4 rings (SSSR count). The molecule has 9 nitrogen and oxygen atoms in total. The SMILES string of the molecule is COc1cc(-c2nn([C@@H]3CCN(C(=O)C=CCN(C)C)C3)c3ncnc(N)c23)ccc1F. The molecule has 0 saturated carbocycles. The molecule has 0 radical (unpaired) electrons. The molecular weight excluding hydrogens is 413 g/mol. The van der Waals surface area contributed by atoms with Gasteiger partial charge in [0.25, 0.3) is 0 Å². The van der Waals surface area contributed by atoms with Gasteiger partial charge in [-0.1, -0.05) is 6.08 Å². The first-order chi connectivity index (χ1) is 15.4. The number of carbonyl (C=O) groups excluding carboxylic acids is 1. The fourth-order valence-corrected chi connectivity index (χ4v) is 3.87. The van der Waals surface area contributed by atoms with E-state index in [2.05, 4.69) is 9.97 Å². The maximum Gasteiger partial charge on any atom is 0.246 e. The van der Waals surface area contributed by atoms with Crippen molar-refractivity contribution in [1.82, 2.24) is 29.5 Å². The van der Waals surface area contributed by atoms with E-state index in [1.165, 1.54) is 19.5 Å². The highest BCUT2D eigenvalue weighted by molar-refractivity contribution is 5.98. The molecule has 10 heteroatoms. The molecule has 0 spiro atoms. The average Bonchev–Trinajstić information content (AvgIpc) is 3.39. The predicted molar refractivity (Wildman–Crippen MR) is 120 cm³/mol. The van der Waals surface area contributed by atoms with Crippen molar-refractivity contribution >= 4 is 22.8 Å². The zero-order valence-corrected chi connectivity index (χ0v) is 18.3. The average molecular weight is 439 g/mol. The molecule has 0 aliphatic carbocycles. The summed E-state index contributed by atoms with van der Waals surface area (Å²) < 4.78 is 20.9. The Labute approximate surface area is 185 Å². The van der Waals surface area contributed by atoms with Crippen LogP contribution in [-0.2, 0) is 4.79 Å². The van der Waals surface area contributed by atoms with Crippen LogP contribution in [0.2, 0.25) is 0 Å². The Balaban J connectivity index is 1.67. The van der Waals surface area contributed by atoms with E-state index >= 15 is 0 Å². The highest BCUT2D eigenvalue weighted by Gasteiger charge is 2.30. The van der Waals surface area contributed by atoms with Crippen molar-refractivity contribution in [3.63, 3.8) is 0 Å². The number of likely N-dealkylation sites (N-methyl/N-ethyl adjacent to an activating group) is 1. The van der Waals surface area contributed by atoms with Gasteiger partial charge in [0.15, 0.2) is 17.2 Å². The number of amides is 1. The van der Waals surface area contributed by atoms with Gasteiger partial charge in [-0.25, -0.2) is 19.0 Å². The second-order valence-electron chi connectivity index (χ2n) is 7.99. The van der Waals surface area contributed by atoms with Gasteiger partial charge in [0.05, 0.1) is 18.5 Å². The zero-order chi connectivity index (χ0) is 22.8. The van der Waals surface area contributed by atoms with E-state index in [4.69, 9.17) is 15.6 Å². The lowest BCUT2D eigenvalue weighted by molar-refractivity contribution is -0.125. The molecule has 1 aliphatic heterocycles. The monoisotopic (exact) mass is 439 g/mol. The molecule has 0 bridgehead atoms. The highest BCUT2D eigenvalue weighted by atomic mass is 19.1. The molecule has 3 heterocycles. The summed E-state index contributed by atoms with van der Waals surface area (Å²) in [6, 6.07) is 4.47. The summed E-state index contributed by atoms with van der Waals surface area (Å²) in [4.78, 5) is 24.9. The minimum absolute atomic E-state index is 0.0246. The number of anilines is 1. The first-order valence-corrected chi connectivity index (χ1v) is 10.3. The molecule has 1 aliphatic rings. The first kappa shape index (κ1) is 21.7. The molecule has 168 valence electrons. The molecule has 32 heavy (non-hydrogen) atoms. The number of carbonyl (C=O) groups is 1. The normalized spacial score (nSPS) is 16.5. The smallest absolute Gasteiger partial charge is 0.246 e. The summed E-state index contributed by atoms with van der Waals surface area (Å²) in [6.45, 7) is 1.84. The molecule has 1 aromatic carbocycles. The highest BCUT2D eigenvalue weighted by Crippen LogP contribution is 2.35. The number of benzene rings is 1. The second-order valence-corrected chi connectivity index (χ2v) is 7.99. The molecule has 1 saturated heterocycles. The van der Waals surface area contributed by atoms with Gasteiger partial charge < -0.3 is 20.3 Å². The number of nitrogens with two attached hydrogens (primary N) is 1. The number of fused-ring (bicyclic) bond motifs is 1. The number of halogens is 1. The van der Waals surface area contributed by atoms with Crippen molar-refractivity contribution in [1.29, 1.82) is 0 Å². The second kappa shape index (κ2) is 8.91. The van der Waals surface area contributed by atoms with Gasteiger partial charge in [0.2, 0.25) is 5.91 Å². The lowest BCUT2D eigenvalue weighted by Crippen LogP contribution is -2.28. The predicted octanol–water partition coefficient (Wildman–Crippen LogP) is 2.11. The van der Waals surface area contributed by atoms with Gasteiger partial charge in [-0.15, -0.1) is 0 Å². The van der Waals surface area contributed by atoms with E-state index < -0.39 is 5.82 Å². The third-order valence-electron chi connectivity index (χ3n) is 5.49. The number of methoxy groups -OCH3 is 1. The van der Waals surface area contributed by atoms with Gasteiger partial charge in [0, 0.05) is 31.3 Å². The lowest BCUT2D eigenvalue weighted by Gasteiger charge is -2.15. The number of hydrogen-bond acceptors (Lipinski definition) is 7. The van der Waals surface area contributed by atoms with Crippen LogP contribution in [0.15, 0.2) is 36.7 Å². The third kappa shape index (κ3) is 4.13. The Morgan fingerprint density at radius 1 is 1.38 bits per heavy atom. The lowest BCUT2D eigenvalue weighted by atomic mass is 10.1. The Morgan fingerprint density at radius 2 is 2.19 bits per heavy atom. The Bertz CT molecular complexity index is 1170. The number of nitrogens with zero attached hydrogens (tertiary/aromatic N) is 6. The maximum atomic E-state index is 13.9. The van der Waals surface area contributed by atoms with Crippen LogP contribution in [-0.4, -0.2) is 76.3 Å². The number of nitrogen functional groups attached to an aromatic ring is 1. The summed E-state index contributed by atoms with van der Waals surface area (Å²) in [6.07, 6.45) is 5.60. The number of likely N-dealkylation sites (tertiary alicyclic amines) is 1. The van der Waals surface area contributed by atoms with Crippen molar-refractivity contribution in [3.8, 4) is 17.0 Å². The summed E-state index contributed by atoms with van der Waals surface area (Å²) in [5, 5.41) is 5.37. The summed E-state index contributed by atoms with van der Waals surface area (Å²) in [5.41, 5.74) is 7.95. The molecule has 1 fully saturated rings. The molecule has 2 N–H and O–H groups in total. The van der Waals surface area contributed by atoms with E-state index in [0.29, 0.717) is 41.9 Å². The van der Waals surface area contributed by atoms with Crippen molar-refractivity contribution in [2.75, 3.05) is 46.6 Å². The number of rotatable bonds is 6. The third-order valence-corrected chi connectivity index (χ3v) is 5.49. The Hall–Kier alpha value is -3.53. The van der Waals surface area contributed by atoms with Crippen molar-refractivity contribution in [2.45, 2.75) is 12.5 Å². The van der Waals surface area contributed by atoms with Crippen LogP contribution in [0.3, 0.4) is 0 Å².